The van der Waals surface area contributed by atoms with E-state index >= 15 is 0 Å². The smallest absolute Gasteiger partial charge is 0.242 e. The molecule has 2 aromatic rings. The Kier molecular flexibility index (Phi) is 5.07. The van der Waals surface area contributed by atoms with Crippen LogP contribution in [0.15, 0.2) is 54.6 Å². The van der Waals surface area contributed by atoms with Gasteiger partial charge in [-0.3, -0.25) is 9.59 Å². The van der Waals surface area contributed by atoms with Gasteiger partial charge in [0.2, 0.25) is 11.8 Å². The Balaban J connectivity index is 1.46. The number of carbonyl (C=O) groups is 2. The molecule has 5 nitrogen and oxygen atoms in total. The molecular formula is C24H29N3O2. The van der Waals surface area contributed by atoms with Crippen LogP contribution in [-0.4, -0.2) is 48.9 Å². The Morgan fingerprint density at radius 1 is 0.862 bits per heavy atom. The van der Waals surface area contributed by atoms with E-state index in [-0.39, 0.29) is 17.9 Å². The summed E-state index contributed by atoms with van der Waals surface area (Å²) in [5.41, 5.74) is 2.21. The van der Waals surface area contributed by atoms with Gasteiger partial charge in [-0.25, -0.2) is 0 Å². The zero-order chi connectivity index (χ0) is 20.6. The number of nitrogens with zero attached hydrogens (tertiary/aromatic N) is 3. The van der Waals surface area contributed by atoms with Gasteiger partial charge in [-0.15, -0.1) is 0 Å². The van der Waals surface area contributed by atoms with Crippen LogP contribution < -0.4 is 9.80 Å². The molecule has 0 aliphatic carbocycles. The summed E-state index contributed by atoms with van der Waals surface area (Å²) in [5, 5.41) is 0. The first kappa shape index (κ1) is 19.5. The summed E-state index contributed by atoms with van der Waals surface area (Å²) in [6, 6.07) is 18.3. The number of carbonyl (C=O) groups excluding carboxylic acids is 2. The van der Waals surface area contributed by atoms with Crippen LogP contribution in [0.5, 0.6) is 0 Å². The van der Waals surface area contributed by atoms with E-state index in [1.807, 2.05) is 46.2 Å². The van der Waals surface area contributed by atoms with Crippen molar-refractivity contribution < 1.29 is 9.59 Å². The van der Waals surface area contributed by atoms with Gasteiger partial charge < -0.3 is 14.7 Å². The first-order chi connectivity index (χ1) is 13.9. The van der Waals surface area contributed by atoms with E-state index in [2.05, 4.69) is 30.0 Å². The molecule has 1 unspecified atom stereocenters. The number of rotatable bonds is 3. The van der Waals surface area contributed by atoms with Crippen LogP contribution >= 0.6 is 0 Å². The maximum Gasteiger partial charge on any atom is 0.242 e. The van der Waals surface area contributed by atoms with E-state index in [9.17, 15) is 9.59 Å². The molecule has 2 amide bonds. The summed E-state index contributed by atoms with van der Waals surface area (Å²) in [6.45, 7) is 8.43. The van der Waals surface area contributed by atoms with E-state index in [4.69, 9.17) is 0 Å². The molecule has 4 rings (SSSR count). The van der Waals surface area contributed by atoms with E-state index < -0.39 is 5.41 Å². The number of fused-ring (bicyclic) bond motifs is 1. The Hall–Kier alpha value is -2.82. The summed E-state index contributed by atoms with van der Waals surface area (Å²) < 4.78 is 0. The molecule has 0 spiro atoms. The highest BCUT2D eigenvalue weighted by atomic mass is 16.2. The number of hydrogen-bond acceptors (Lipinski definition) is 3. The fourth-order valence-corrected chi connectivity index (χ4v) is 4.47. The Morgan fingerprint density at radius 2 is 1.48 bits per heavy atom. The number of amides is 2. The van der Waals surface area contributed by atoms with E-state index in [0.29, 0.717) is 13.1 Å². The summed E-state index contributed by atoms with van der Waals surface area (Å²) in [4.78, 5) is 32.8. The van der Waals surface area contributed by atoms with Crippen molar-refractivity contribution in [2.24, 2.45) is 5.41 Å². The van der Waals surface area contributed by atoms with Gasteiger partial charge in [-0.05, 0) is 51.0 Å². The molecule has 0 N–H and O–H groups in total. The predicted octanol–water partition coefficient (Wildman–Crippen LogP) is 3.34. The Bertz CT molecular complexity index is 901. The average molecular weight is 392 g/mol. The topological polar surface area (TPSA) is 43.9 Å². The summed E-state index contributed by atoms with van der Waals surface area (Å²) in [7, 11) is 0. The lowest BCUT2D eigenvalue weighted by atomic mass is 9.88. The third-order valence-electron chi connectivity index (χ3n) is 6.18. The fraction of sp³-hybridized carbons (Fsp3) is 0.417. The number of hydrogen-bond donors (Lipinski definition) is 0. The van der Waals surface area contributed by atoms with Crippen molar-refractivity contribution >= 4 is 23.2 Å². The minimum atomic E-state index is -1.08. The lowest BCUT2D eigenvalue weighted by Crippen LogP contribution is -2.56. The molecule has 2 aliphatic rings. The van der Waals surface area contributed by atoms with Crippen LogP contribution in [0.25, 0.3) is 0 Å². The molecule has 2 aromatic carbocycles. The zero-order valence-corrected chi connectivity index (χ0v) is 17.5. The highest BCUT2D eigenvalue weighted by Gasteiger charge is 2.45. The fourth-order valence-electron chi connectivity index (χ4n) is 4.47. The van der Waals surface area contributed by atoms with Gasteiger partial charge >= 0.3 is 0 Å². The largest absolute Gasteiger partial charge is 0.368 e. The van der Waals surface area contributed by atoms with Gasteiger partial charge in [-0.2, -0.15) is 0 Å². The molecule has 0 radical (unpaired) electrons. The third kappa shape index (κ3) is 3.50. The molecular weight excluding hydrogens is 362 g/mol. The molecule has 152 valence electrons. The second kappa shape index (κ2) is 7.54. The van der Waals surface area contributed by atoms with Gasteiger partial charge in [0.05, 0.1) is 0 Å². The molecule has 0 bridgehead atoms. The quantitative estimate of drug-likeness (QED) is 0.754. The number of para-hydroxylation sites is 2. The lowest BCUT2D eigenvalue weighted by molar-refractivity contribution is -0.147. The van der Waals surface area contributed by atoms with Crippen LogP contribution in [0.4, 0.5) is 11.4 Å². The van der Waals surface area contributed by atoms with Crippen LogP contribution in [0.2, 0.25) is 0 Å². The van der Waals surface area contributed by atoms with Crippen molar-refractivity contribution in [1.82, 2.24) is 4.90 Å². The predicted molar refractivity (Wildman–Crippen MR) is 116 cm³/mol. The van der Waals surface area contributed by atoms with Crippen molar-refractivity contribution in [3.63, 3.8) is 0 Å². The van der Waals surface area contributed by atoms with Gasteiger partial charge in [0.25, 0.3) is 0 Å². The summed E-state index contributed by atoms with van der Waals surface area (Å²) in [6.07, 6.45) is 0.835. The average Bonchev–Trinajstić information content (AvgIpc) is 3.09. The van der Waals surface area contributed by atoms with Gasteiger partial charge in [0.1, 0.15) is 5.41 Å². The Morgan fingerprint density at radius 3 is 2.17 bits per heavy atom. The lowest BCUT2D eigenvalue weighted by Gasteiger charge is -2.40. The molecule has 1 fully saturated rings. The summed E-state index contributed by atoms with van der Waals surface area (Å²) >= 11 is 0. The minimum absolute atomic E-state index is 0.0712. The van der Waals surface area contributed by atoms with Gasteiger partial charge in [0.15, 0.2) is 0 Å². The van der Waals surface area contributed by atoms with E-state index in [1.54, 1.807) is 13.8 Å². The monoisotopic (exact) mass is 391 g/mol. The standard InChI is InChI=1S/C24H29N3O2/c1-18-17-19-9-7-8-12-21(19)27(18)23(29)24(2,3)22(28)26-15-13-25(14-16-26)20-10-5-4-6-11-20/h4-12,18H,13-17H2,1-3H3. The maximum atomic E-state index is 13.5. The summed E-state index contributed by atoms with van der Waals surface area (Å²) in [5.74, 6) is -0.183. The zero-order valence-electron chi connectivity index (χ0n) is 17.5. The van der Waals surface area contributed by atoms with Crippen molar-refractivity contribution in [2.45, 2.75) is 33.2 Å². The number of piperazine rings is 1. The van der Waals surface area contributed by atoms with Crippen molar-refractivity contribution in [1.29, 1.82) is 0 Å². The highest BCUT2D eigenvalue weighted by Crippen LogP contribution is 2.36. The van der Waals surface area contributed by atoms with Crippen LogP contribution in [0.3, 0.4) is 0 Å². The molecule has 1 atom stereocenters. The number of anilines is 2. The first-order valence-corrected chi connectivity index (χ1v) is 10.4. The number of benzene rings is 2. The molecule has 29 heavy (non-hydrogen) atoms. The maximum absolute atomic E-state index is 13.5. The molecule has 0 aromatic heterocycles. The SMILES string of the molecule is CC1Cc2ccccc2N1C(=O)C(C)(C)C(=O)N1CCN(c2ccccc2)CC1. The highest BCUT2D eigenvalue weighted by molar-refractivity contribution is 6.12. The van der Waals surface area contributed by atoms with E-state index in [0.717, 1.165) is 25.2 Å². The van der Waals surface area contributed by atoms with Crippen LogP contribution in [-0.2, 0) is 16.0 Å². The van der Waals surface area contributed by atoms with Crippen molar-refractivity contribution in [3.05, 3.63) is 60.2 Å². The Labute approximate surface area is 172 Å². The third-order valence-corrected chi connectivity index (χ3v) is 6.18. The first-order valence-electron chi connectivity index (χ1n) is 10.4. The van der Waals surface area contributed by atoms with Crippen molar-refractivity contribution in [2.75, 3.05) is 36.0 Å². The minimum Gasteiger partial charge on any atom is -0.368 e. The van der Waals surface area contributed by atoms with Gasteiger partial charge in [0, 0.05) is 43.6 Å². The molecule has 0 saturated carbocycles. The molecule has 5 heteroatoms. The molecule has 2 aliphatic heterocycles. The molecule has 1 saturated heterocycles. The van der Waals surface area contributed by atoms with Gasteiger partial charge in [-0.1, -0.05) is 36.4 Å². The normalized spacial score (nSPS) is 19.3. The second-order valence-corrected chi connectivity index (χ2v) is 8.60. The van der Waals surface area contributed by atoms with Crippen molar-refractivity contribution in [3.8, 4) is 0 Å². The second-order valence-electron chi connectivity index (χ2n) is 8.60. The van der Waals surface area contributed by atoms with E-state index in [1.165, 1.54) is 11.3 Å². The van der Waals surface area contributed by atoms with Crippen LogP contribution in [0, 0.1) is 5.41 Å². The van der Waals surface area contributed by atoms with Crippen LogP contribution in [0.1, 0.15) is 26.3 Å². The molecule has 2 heterocycles.